The molecule has 0 amide bonds. The van der Waals surface area contributed by atoms with E-state index in [2.05, 4.69) is 66.8 Å². The Labute approximate surface area is 92.1 Å². The second kappa shape index (κ2) is 3.29. The Morgan fingerprint density at radius 2 is 1.69 bits per heavy atom. The molecule has 13 heavy (non-hydrogen) atoms. The number of fused-ring (bicyclic) bond motifs is 1. The van der Waals surface area contributed by atoms with Crippen LogP contribution in [0.25, 0.3) is 10.8 Å². The normalized spacial score (nSPS) is 10.7. The first-order valence-corrected chi connectivity index (χ1v) is 5.41. The number of hydrogen-bond donors (Lipinski definition) is 0. The lowest BCUT2D eigenvalue weighted by Crippen LogP contribution is -1.82. The summed E-state index contributed by atoms with van der Waals surface area (Å²) in [5.41, 5.74) is 2.68. The van der Waals surface area contributed by atoms with Gasteiger partial charge in [0.1, 0.15) is 0 Å². The molecule has 0 atom stereocenters. The standard InChI is InChI=1S/C12H11I/c1-8-3-4-10-6-9(2)12(13)7-11(10)5-8/h3-7H,1-2H3. The van der Waals surface area contributed by atoms with E-state index < -0.39 is 0 Å². The minimum absolute atomic E-state index is 1.33. The second-order valence-electron chi connectivity index (χ2n) is 3.45. The maximum Gasteiger partial charge on any atom is 0.0165 e. The molecular weight excluding hydrogens is 271 g/mol. The summed E-state index contributed by atoms with van der Waals surface area (Å²) in [4.78, 5) is 0. The van der Waals surface area contributed by atoms with Gasteiger partial charge in [-0.15, -0.1) is 0 Å². The largest absolute Gasteiger partial charge is 0.0587 e. The Morgan fingerprint density at radius 1 is 0.923 bits per heavy atom. The predicted octanol–water partition coefficient (Wildman–Crippen LogP) is 4.06. The first-order valence-electron chi connectivity index (χ1n) is 4.33. The smallest absolute Gasteiger partial charge is 0.0165 e. The Kier molecular flexibility index (Phi) is 2.28. The Bertz CT molecular complexity index is 458. The third-order valence-electron chi connectivity index (χ3n) is 2.27. The Balaban J connectivity index is 2.81. The van der Waals surface area contributed by atoms with Crippen molar-refractivity contribution in [3.8, 4) is 0 Å². The minimum atomic E-state index is 1.33. The van der Waals surface area contributed by atoms with Crippen LogP contribution in [0.3, 0.4) is 0 Å². The third-order valence-corrected chi connectivity index (χ3v) is 3.44. The van der Waals surface area contributed by atoms with Gasteiger partial charge in [-0.25, -0.2) is 0 Å². The van der Waals surface area contributed by atoms with Crippen LogP contribution in [0.4, 0.5) is 0 Å². The average molecular weight is 282 g/mol. The first-order chi connectivity index (χ1) is 6.16. The van der Waals surface area contributed by atoms with E-state index in [0.29, 0.717) is 0 Å². The zero-order chi connectivity index (χ0) is 9.42. The molecule has 0 saturated carbocycles. The highest BCUT2D eigenvalue weighted by Gasteiger charge is 1.98. The van der Waals surface area contributed by atoms with Crippen LogP contribution in [0.2, 0.25) is 0 Å². The maximum atomic E-state index is 2.38. The highest BCUT2D eigenvalue weighted by molar-refractivity contribution is 14.1. The quantitative estimate of drug-likeness (QED) is 0.639. The summed E-state index contributed by atoms with van der Waals surface area (Å²) in [6.07, 6.45) is 0. The average Bonchev–Trinajstić information content (AvgIpc) is 2.08. The molecule has 2 rings (SSSR count). The summed E-state index contributed by atoms with van der Waals surface area (Å²) >= 11 is 2.38. The van der Waals surface area contributed by atoms with Gasteiger partial charge in [-0.05, 0) is 58.8 Å². The lowest BCUT2D eigenvalue weighted by molar-refractivity contribution is 1.44. The summed E-state index contributed by atoms with van der Waals surface area (Å²) in [5.74, 6) is 0. The van der Waals surface area contributed by atoms with Crippen molar-refractivity contribution in [1.82, 2.24) is 0 Å². The van der Waals surface area contributed by atoms with Gasteiger partial charge >= 0.3 is 0 Å². The van der Waals surface area contributed by atoms with Crippen LogP contribution in [0.15, 0.2) is 30.3 Å². The molecule has 0 nitrogen and oxygen atoms in total. The fourth-order valence-electron chi connectivity index (χ4n) is 1.50. The predicted molar refractivity (Wildman–Crippen MR) is 66.1 cm³/mol. The van der Waals surface area contributed by atoms with Crippen molar-refractivity contribution in [2.75, 3.05) is 0 Å². The van der Waals surface area contributed by atoms with E-state index in [4.69, 9.17) is 0 Å². The van der Waals surface area contributed by atoms with E-state index in [1.54, 1.807) is 0 Å². The summed E-state index contributed by atoms with van der Waals surface area (Å²) in [6, 6.07) is 11.1. The second-order valence-corrected chi connectivity index (χ2v) is 4.61. The van der Waals surface area contributed by atoms with E-state index in [-0.39, 0.29) is 0 Å². The highest BCUT2D eigenvalue weighted by Crippen LogP contribution is 2.21. The molecule has 0 aromatic heterocycles. The molecular formula is C12H11I. The number of aryl methyl sites for hydroxylation is 2. The fourth-order valence-corrected chi connectivity index (χ4v) is 1.99. The van der Waals surface area contributed by atoms with Crippen LogP contribution in [0.1, 0.15) is 11.1 Å². The van der Waals surface area contributed by atoms with Gasteiger partial charge in [0.15, 0.2) is 0 Å². The van der Waals surface area contributed by atoms with Crippen molar-refractivity contribution < 1.29 is 0 Å². The number of rotatable bonds is 0. The molecule has 1 heteroatoms. The molecule has 0 bridgehead atoms. The van der Waals surface area contributed by atoms with Crippen LogP contribution in [-0.2, 0) is 0 Å². The highest BCUT2D eigenvalue weighted by atomic mass is 127. The van der Waals surface area contributed by atoms with Gasteiger partial charge < -0.3 is 0 Å². The number of benzene rings is 2. The van der Waals surface area contributed by atoms with E-state index in [0.717, 1.165) is 0 Å². The van der Waals surface area contributed by atoms with Crippen LogP contribution in [-0.4, -0.2) is 0 Å². The van der Waals surface area contributed by atoms with Gasteiger partial charge in [-0.2, -0.15) is 0 Å². The zero-order valence-electron chi connectivity index (χ0n) is 7.76. The molecule has 0 aliphatic rings. The molecule has 0 unspecified atom stereocenters. The molecule has 0 saturated heterocycles. The van der Waals surface area contributed by atoms with Crippen molar-refractivity contribution in [2.24, 2.45) is 0 Å². The van der Waals surface area contributed by atoms with E-state index >= 15 is 0 Å². The van der Waals surface area contributed by atoms with Gasteiger partial charge in [0.2, 0.25) is 0 Å². The van der Waals surface area contributed by atoms with E-state index in [1.807, 2.05) is 0 Å². The Morgan fingerprint density at radius 3 is 2.46 bits per heavy atom. The number of hydrogen-bond acceptors (Lipinski definition) is 0. The van der Waals surface area contributed by atoms with Crippen LogP contribution < -0.4 is 0 Å². The lowest BCUT2D eigenvalue weighted by Gasteiger charge is -2.03. The van der Waals surface area contributed by atoms with Crippen LogP contribution >= 0.6 is 22.6 Å². The summed E-state index contributed by atoms with van der Waals surface area (Å²) in [7, 11) is 0. The summed E-state index contributed by atoms with van der Waals surface area (Å²) in [6.45, 7) is 4.28. The molecule has 0 aliphatic carbocycles. The molecule has 0 fully saturated rings. The minimum Gasteiger partial charge on any atom is -0.0587 e. The molecule has 2 aromatic rings. The van der Waals surface area contributed by atoms with Crippen molar-refractivity contribution in [3.63, 3.8) is 0 Å². The molecule has 0 radical (unpaired) electrons. The Hall–Kier alpha value is -0.570. The van der Waals surface area contributed by atoms with E-state index in [1.165, 1.54) is 25.5 Å². The summed E-state index contributed by atoms with van der Waals surface area (Å²) in [5, 5.41) is 2.68. The molecule has 66 valence electrons. The van der Waals surface area contributed by atoms with Gasteiger partial charge in [0.25, 0.3) is 0 Å². The molecule has 0 spiro atoms. The summed E-state index contributed by atoms with van der Waals surface area (Å²) < 4.78 is 1.34. The van der Waals surface area contributed by atoms with Crippen molar-refractivity contribution >= 4 is 33.4 Å². The maximum absolute atomic E-state index is 2.38. The first kappa shape index (κ1) is 9.00. The third kappa shape index (κ3) is 1.70. The van der Waals surface area contributed by atoms with Gasteiger partial charge in [-0.3, -0.25) is 0 Å². The van der Waals surface area contributed by atoms with Crippen LogP contribution in [0, 0.1) is 17.4 Å². The lowest BCUT2D eigenvalue weighted by atomic mass is 10.1. The van der Waals surface area contributed by atoms with Crippen LogP contribution in [0.5, 0.6) is 0 Å². The number of halogens is 1. The fraction of sp³-hybridized carbons (Fsp3) is 0.167. The molecule has 0 N–H and O–H groups in total. The van der Waals surface area contributed by atoms with Gasteiger partial charge in [0.05, 0.1) is 0 Å². The van der Waals surface area contributed by atoms with Gasteiger partial charge in [0, 0.05) is 3.57 Å². The van der Waals surface area contributed by atoms with Crippen molar-refractivity contribution in [2.45, 2.75) is 13.8 Å². The van der Waals surface area contributed by atoms with Crippen molar-refractivity contribution in [3.05, 3.63) is 45.0 Å². The zero-order valence-corrected chi connectivity index (χ0v) is 9.92. The topological polar surface area (TPSA) is 0 Å². The van der Waals surface area contributed by atoms with E-state index in [9.17, 15) is 0 Å². The molecule has 2 aromatic carbocycles. The molecule has 0 heterocycles. The monoisotopic (exact) mass is 282 g/mol. The SMILES string of the molecule is Cc1ccc2cc(C)c(I)cc2c1. The van der Waals surface area contributed by atoms with Gasteiger partial charge in [-0.1, -0.05) is 29.8 Å². The molecule has 0 aliphatic heterocycles. The van der Waals surface area contributed by atoms with Crippen molar-refractivity contribution in [1.29, 1.82) is 0 Å².